The van der Waals surface area contributed by atoms with Gasteiger partial charge in [0.25, 0.3) is 0 Å². The van der Waals surface area contributed by atoms with Crippen molar-refractivity contribution in [1.82, 2.24) is 0 Å². The van der Waals surface area contributed by atoms with Crippen molar-refractivity contribution >= 4 is 11.3 Å². The van der Waals surface area contributed by atoms with Gasteiger partial charge >= 0.3 is 0 Å². The van der Waals surface area contributed by atoms with E-state index in [4.69, 9.17) is 15.2 Å². The van der Waals surface area contributed by atoms with Gasteiger partial charge in [0.15, 0.2) is 0 Å². The molecule has 0 unspecified atom stereocenters. The quantitative estimate of drug-likeness (QED) is 0.695. The summed E-state index contributed by atoms with van der Waals surface area (Å²) < 4.78 is 10.8. The van der Waals surface area contributed by atoms with Crippen LogP contribution in [0.25, 0.3) is 0 Å². The van der Waals surface area contributed by atoms with Crippen molar-refractivity contribution in [3.05, 3.63) is 21.9 Å². The van der Waals surface area contributed by atoms with Gasteiger partial charge in [-0.2, -0.15) is 0 Å². The Morgan fingerprint density at radius 3 is 2.53 bits per heavy atom. The number of hydrogen-bond donors (Lipinski definition) is 1. The molecule has 15 heavy (non-hydrogen) atoms. The SMILES string of the molecule is CCCOCCOCc1ccc(CN)s1. The molecule has 3 nitrogen and oxygen atoms in total. The summed E-state index contributed by atoms with van der Waals surface area (Å²) in [6.45, 7) is 5.55. The number of ether oxygens (including phenoxy) is 2. The lowest BCUT2D eigenvalue weighted by atomic mass is 10.4. The highest BCUT2D eigenvalue weighted by molar-refractivity contribution is 7.11. The van der Waals surface area contributed by atoms with E-state index in [-0.39, 0.29) is 0 Å². The van der Waals surface area contributed by atoms with Crippen LogP contribution in [0.5, 0.6) is 0 Å². The molecule has 0 aliphatic carbocycles. The molecule has 0 spiro atoms. The molecule has 1 rings (SSSR count). The maximum Gasteiger partial charge on any atom is 0.0810 e. The van der Waals surface area contributed by atoms with Crippen LogP contribution >= 0.6 is 11.3 Å². The number of nitrogens with two attached hydrogens (primary N) is 1. The zero-order valence-electron chi connectivity index (χ0n) is 9.20. The van der Waals surface area contributed by atoms with E-state index >= 15 is 0 Å². The molecule has 0 aliphatic heterocycles. The normalized spacial score (nSPS) is 10.8. The third-order valence-electron chi connectivity index (χ3n) is 1.88. The Balaban J connectivity index is 2.04. The third-order valence-corrected chi connectivity index (χ3v) is 2.96. The summed E-state index contributed by atoms with van der Waals surface area (Å²) in [6.07, 6.45) is 1.06. The van der Waals surface area contributed by atoms with Gasteiger partial charge in [-0.05, 0) is 18.6 Å². The van der Waals surface area contributed by atoms with E-state index in [0.717, 1.165) is 13.0 Å². The molecule has 0 fully saturated rings. The number of rotatable bonds is 8. The topological polar surface area (TPSA) is 44.5 Å². The van der Waals surface area contributed by atoms with Gasteiger partial charge in [0.05, 0.1) is 19.8 Å². The largest absolute Gasteiger partial charge is 0.379 e. The second kappa shape index (κ2) is 7.82. The van der Waals surface area contributed by atoms with Crippen molar-refractivity contribution in [1.29, 1.82) is 0 Å². The van der Waals surface area contributed by atoms with Crippen LogP contribution in [0.3, 0.4) is 0 Å². The van der Waals surface area contributed by atoms with E-state index < -0.39 is 0 Å². The van der Waals surface area contributed by atoms with Crippen LogP contribution in [-0.4, -0.2) is 19.8 Å². The van der Waals surface area contributed by atoms with Gasteiger partial charge in [0.2, 0.25) is 0 Å². The summed E-state index contributed by atoms with van der Waals surface area (Å²) in [6, 6.07) is 4.12. The van der Waals surface area contributed by atoms with Crippen molar-refractivity contribution in [2.45, 2.75) is 26.5 Å². The monoisotopic (exact) mass is 229 g/mol. The standard InChI is InChI=1S/C11H19NO2S/c1-2-5-13-6-7-14-9-11-4-3-10(8-12)15-11/h3-4H,2,5-9,12H2,1H3. The first-order valence-corrected chi connectivity index (χ1v) is 6.11. The molecular weight excluding hydrogens is 210 g/mol. The predicted octanol–water partition coefficient (Wildman–Crippen LogP) is 2.15. The summed E-state index contributed by atoms with van der Waals surface area (Å²) in [4.78, 5) is 2.43. The minimum absolute atomic E-state index is 0.615. The van der Waals surface area contributed by atoms with Gasteiger partial charge in [-0.15, -0.1) is 11.3 Å². The van der Waals surface area contributed by atoms with E-state index in [1.165, 1.54) is 9.75 Å². The molecular formula is C11H19NO2S. The fourth-order valence-electron chi connectivity index (χ4n) is 1.15. The molecule has 0 aromatic carbocycles. The van der Waals surface area contributed by atoms with Gasteiger partial charge in [-0.1, -0.05) is 6.92 Å². The van der Waals surface area contributed by atoms with Crippen LogP contribution in [0.2, 0.25) is 0 Å². The fraction of sp³-hybridized carbons (Fsp3) is 0.636. The maximum atomic E-state index is 5.52. The first-order valence-electron chi connectivity index (χ1n) is 5.30. The second-order valence-corrected chi connectivity index (χ2v) is 4.49. The Kier molecular flexibility index (Phi) is 6.59. The van der Waals surface area contributed by atoms with Crippen molar-refractivity contribution in [3.63, 3.8) is 0 Å². The molecule has 0 saturated carbocycles. The highest BCUT2D eigenvalue weighted by atomic mass is 32.1. The Bertz CT molecular complexity index is 263. The van der Waals surface area contributed by atoms with Crippen LogP contribution < -0.4 is 5.73 Å². The second-order valence-electron chi connectivity index (χ2n) is 3.24. The summed E-state index contributed by atoms with van der Waals surface area (Å²) in [7, 11) is 0. The molecule has 2 N–H and O–H groups in total. The predicted molar refractivity (Wildman–Crippen MR) is 63.0 cm³/mol. The lowest BCUT2D eigenvalue weighted by Gasteiger charge is -2.03. The molecule has 86 valence electrons. The van der Waals surface area contributed by atoms with Gasteiger partial charge in [-0.25, -0.2) is 0 Å². The smallest absolute Gasteiger partial charge is 0.0810 e. The van der Waals surface area contributed by atoms with E-state index in [2.05, 4.69) is 19.1 Å². The summed E-state index contributed by atoms with van der Waals surface area (Å²) in [5.74, 6) is 0. The van der Waals surface area contributed by atoms with Crippen LogP contribution in [0.4, 0.5) is 0 Å². The lowest BCUT2D eigenvalue weighted by Crippen LogP contribution is -2.04. The van der Waals surface area contributed by atoms with E-state index in [9.17, 15) is 0 Å². The van der Waals surface area contributed by atoms with Gasteiger partial charge in [0, 0.05) is 22.9 Å². The first kappa shape index (κ1) is 12.6. The third kappa shape index (κ3) is 5.28. The Morgan fingerprint density at radius 1 is 1.13 bits per heavy atom. The zero-order chi connectivity index (χ0) is 10.9. The number of thiophene rings is 1. The lowest BCUT2D eigenvalue weighted by molar-refractivity contribution is 0.0417. The summed E-state index contributed by atoms with van der Waals surface area (Å²) in [5.41, 5.74) is 5.52. The van der Waals surface area contributed by atoms with Crippen LogP contribution in [0, 0.1) is 0 Å². The van der Waals surface area contributed by atoms with Gasteiger partial charge in [0.1, 0.15) is 0 Å². The van der Waals surface area contributed by atoms with Gasteiger partial charge < -0.3 is 15.2 Å². The fourth-order valence-corrected chi connectivity index (χ4v) is 1.98. The van der Waals surface area contributed by atoms with Crippen LogP contribution in [0.15, 0.2) is 12.1 Å². The molecule has 4 heteroatoms. The highest BCUT2D eigenvalue weighted by Crippen LogP contribution is 2.16. The molecule has 0 bridgehead atoms. The highest BCUT2D eigenvalue weighted by Gasteiger charge is 1.98. The maximum absolute atomic E-state index is 5.52. The molecule has 0 aliphatic rings. The summed E-state index contributed by atoms with van der Waals surface area (Å²) >= 11 is 1.71. The van der Waals surface area contributed by atoms with E-state index in [1.807, 2.05) is 0 Å². The molecule has 0 saturated heterocycles. The zero-order valence-corrected chi connectivity index (χ0v) is 10.0. The molecule has 1 aromatic rings. The van der Waals surface area contributed by atoms with Gasteiger partial charge in [-0.3, -0.25) is 0 Å². The Labute approximate surface area is 95.2 Å². The number of hydrogen-bond acceptors (Lipinski definition) is 4. The molecule has 0 amide bonds. The molecule has 0 atom stereocenters. The van der Waals surface area contributed by atoms with Crippen molar-refractivity contribution in [3.8, 4) is 0 Å². The Morgan fingerprint density at radius 2 is 1.87 bits per heavy atom. The molecule has 1 heterocycles. The van der Waals surface area contributed by atoms with Crippen LogP contribution in [0.1, 0.15) is 23.1 Å². The minimum atomic E-state index is 0.615. The average molecular weight is 229 g/mol. The molecule has 1 aromatic heterocycles. The summed E-state index contributed by atoms with van der Waals surface area (Å²) in [5, 5.41) is 0. The van der Waals surface area contributed by atoms with Crippen LogP contribution in [-0.2, 0) is 22.6 Å². The van der Waals surface area contributed by atoms with E-state index in [1.54, 1.807) is 11.3 Å². The minimum Gasteiger partial charge on any atom is -0.379 e. The molecule has 0 radical (unpaired) electrons. The van der Waals surface area contributed by atoms with Crippen molar-refractivity contribution < 1.29 is 9.47 Å². The van der Waals surface area contributed by atoms with Crippen molar-refractivity contribution in [2.75, 3.05) is 19.8 Å². The average Bonchev–Trinajstić information content (AvgIpc) is 2.71. The Hall–Kier alpha value is -0.420. The van der Waals surface area contributed by atoms with Crippen molar-refractivity contribution in [2.24, 2.45) is 5.73 Å². The van der Waals surface area contributed by atoms with E-state index in [0.29, 0.717) is 26.4 Å². The first-order chi connectivity index (χ1) is 7.36.